The quantitative estimate of drug-likeness (QED) is 0.622. The molecule has 5 nitrogen and oxygen atoms in total. The zero-order valence-corrected chi connectivity index (χ0v) is 9.89. The van der Waals surface area contributed by atoms with Gasteiger partial charge in [-0.25, -0.2) is 0 Å². The van der Waals surface area contributed by atoms with Gasteiger partial charge >= 0.3 is 5.69 Å². The molecule has 0 spiro atoms. The van der Waals surface area contributed by atoms with Crippen LogP contribution in [0.15, 0.2) is 30.6 Å². The highest BCUT2D eigenvalue weighted by Gasteiger charge is 2.09. The van der Waals surface area contributed by atoms with Gasteiger partial charge in [0.15, 0.2) is 0 Å². The summed E-state index contributed by atoms with van der Waals surface area (Å²) in [6.45, 7) is 2.38. The zero-order valence-electron chi connectivity index (χ0n) is 9.13. The highest BCUT2D eigenvalue weighted by molar-refractivity contribution is 6.31. The predicted octanol–water partition coefficient (Wildman–Crippen LogP) is 2.80. The number of hydrogen-bond acceptors (Lipinski definition) is 3. The maximum absolute atomic E-state index is 10.5. The molecule has 2 rings (SSSR count). The number of hydrogen-bond donors (Lipinski definition) is 0. The third-order valence-electron chi connectivity index (χ3n) is 2.37. The van der Waals surface area contributed by atoms with Gasteiger partial charge in [-0.1, -0.05) is 23.7 Å². The van der Waals surface area contributed by atoms with Crippen LogP contribution >= 0.6 is 11.6 Å². The molecule has 2 aromatic rings. The van der Waals surface area contributed by atoms with E-state index < -0.39 is 4.92 Å². The fourth-order valence-corrected chi connectivity index (χ4v) is 1.78. The standard InChI is InChI=1S/C11H10ClN3O2/c1-8-2-3-9(11(12)4-8)6-14-7-10(5-13-14)15(16)17/h2-5,7H,6H2,1H3. The highest BCUT2D eigenvalue weighted by atomic mass is 35.5. The molecule has 0 saturated carbocycles. The molecular weight excluding hydrogens is 242 g/mol. The second-order valence-corrected chi connectivity index (χ2v) is 4.16. The second kappa shape index (κ2) is 4.55. The van der Waals surface area contributed by atoms with E-state index in [1.165, 1.54) is 17.1 Å². The van der Waals surface area contributed by atoms with Crippen molar-refractivity contribution in [3.05, 3.63) is 56.9 Å². The minimum atomic E-state index is -0.472. The van der Waals surface area contributed by atoms with E-state index in [2.05, 4.69) is 5.10 Å². The summed E-state index contributed by atoms with van der Waals surface area (Å²) in [6.07, 6.45) is 2.61. The van der Waals surface area contributed by atoms with Crippen molar-refractivity contribution in [3.8, 4) is 0 Å². The van der Waals surface area contributed by atoms with Crippen LogP contribution in [0.2, 0.25) is 5.02 Å². The topological polar surface area (TPSA) is 61.0 Å². The van der Waals surface area contributed by atoms with Gasteiger partial charge in [0.05, 0.1) is 11.5 Å². The number of nitro groups is 1. The van der Waals surface area contributed by atoms with Crippen molar-refractivity contribution < 1.29 is 4.92 Å². The van der Waals surface area contributed by atoms with Gasteiger partial charge in [0, 0.05) is 5.02 Å². The smallest absolute Gasteiger partial charge is 0.261 e. The van der Waals surface area contributed by atoms with Gasteiger partial charge in [-0.05, 0) is 24.1 Å². The minimum absolute atomic E-state index is 0.0202. The monoisotopic (exact) mass is 251 g/mol. The van der Waals surface area contributed by atoms with Crippen LogP contribution in [0.1, 0.15) is 11.1 Å². The van der Waals surface area contributed by atoms with Crippen LogP contribution in [-0.4, -0.2) is 14.7 Å². The maximum atomic E-state index is 10.5. The summed E-state index contributed by atoms with van der Waals surface area (Å²) in [5, 5.41) is 15.1. The normalized spacial score (nSPS) is 10.5. The van der Waals surface area contributed by atoms with Crippen LogP contribution in [0.5, 0.6) is 0 Å². The molecule has 0 fully saturated rings. The molecule has 0 amide bonds. The molecule has 0 atom stereocenters. The Morgan fingerprint density at radius 2 is 2.29 bits per heavy atom. The number of aromatic nitrogens is 2. The van der Waals surface area contributed by atoms with Gasteiger partial charge in [-0.15, -0.1) is 0 Å². The molecule has 0 aliphatic rings. The lowest BCUT2D eigenvalue weighted by molar-refractivity contribution is -0.385. The van der Waals surface area contributed by atoms with E-state index >= 15 is 0 Å². The zero-order chi connectivity index (χ0) is 12.4. The number of rotatable bonds is 3. The molecule has 0 aliphatic heterocycles. The average molecular weight is 252 g/mol. The summed E-state index contributed by atoms with van der Waals surface area (Å²) in [7, 11) is 0. The molecule has 0 unspecified atom stereocenters. The molecule has 0 bridgehead atoms. The predicted molar refractivity (Wildman–Crippen MR) is 64.2 cm³/mol. The molecule has 0 aliphatic carbocycles. The Kier molecular flexibility index (Phi) is 3.10. The van der Waals surface area contributed by atoms with Crippen molar-refractivity contribution in [1.82, 2.24) is 9.78 Å². The Bertz CT molecular complexity index is 566. The van der Waals surface area contributed by atoms with Crippen LogP contribution in [0.4, 0.5) is 5.69 Å². The van der Waals surface area contributed by atoms with Crippen LogP contribution in [0.3, 0.4) is 0 Å². The van der Waals surface area contributed by atoms with Crippen molar-refractivity contribution in [3.63, 3.8) is 0 Å². The summed E-state index contributed by atoms with van der Waals surface area (Å²) in [5.41, 5.74) is 1.94. The van der Waals surface area contributed by atoms with E-state index in [0.29, 0.717) is 11.6 Å². The molecular formula is C11H10ClN3O2. The number of nitrogens with zero attached hydrogens (tertiary/aromatic N) is 3. The lowest BCUT2D eigenvalue weighted by atomic mass is 10.1. The van der Waals surface area contributed by atoms with E-state index in [-0.39, 0.29) is 5.69 Å². The summed E-state index contributed by atoms with van der Waals surface area (Å²) in [4.78, 5) is 10.0. The van der Waals surface area contributed by atoms with Gasteiger partial charge in [-0.2, -0.15) is 5.10 Å². The number of aryl methyl sites for hydroxylation is 1. The Morgan fingerprint density at radius 3 is 2.88 bits per heavy atom. The Hall–Kier alpha value is -1.88. The second-order valence-electron chi connectivity index (χ2n) is 3.75. The molecule has 1 heterocycles. The third-order valence-corrected chi connectivity index (χ3v) is 2.72. The average Bonchev–Trinajstić information content (AvgIpc) is 2.71. The first-order valence-electron chi connectivity index (χ1n) is 4.98. The summed E-state index contributed by atoms with van der Waals surface area (Å²) in [5.74, 6) is 0. The van der Waals surface area contributed by atoms with Crippen molar-refractivity contribution in [2.24, 2.45) is 0 Å². The minimum Gasteiger partial charge on any atom is -0.261 e. The first kappa shape index (κ1) is 11.6. The molecule has 1 aromatic carbocycles. The van der Waals surface area contributed by atoms with Crippen LogP contribution < -0.4 is 0 Å². The van der Waals surface area contributed by atoms with Gasteiger partial charge < -0.3 is 0 Å². The van der Waals surface area contributed by atoms with E-state index in [9.17, 15) is 10.1 Å². The van der Waals surface area contributed by atoms with Crippen LogP contribution in [-0.2, 0) is 6.54 Å². The van der Waals surface area contributed by atoms with Crippen molar-refractivity contribution in [2.45, 2.75) is 13.5 Å². The molecule has 88 valence electrons. The first-order chi connectivity index (χ1) is 8.06. The SMILES string of the molecule is Cc1ccc(Cn2cc([N+](=O)[O-])cn2)c(Cl)c1. The molecule has 0 N–H and O–H groups in total. The van der Waals surface area contributed by atoms with Gasteiger partial charge in [-0.3, -0.25) is 14.8 Å². The Labute approximate surface area is 103 Å². The fraction of sp³-hybridized carbons (Fsp3) is 0.182. The van der Waals surface area contributed by atoms with Gasteiger partial charge in [0.1, 0.15) is 12.4 Å². The first-order valence-corrected chi connectivity index (χ1v) is 5.36. The van der Waals surface area contributed by atoms with Crippen LogP contribution in [0.25, 0.3) is 0 Å². The largest absolute Gasteiger partial charge is 0.307 e. The maximum Gasteiger partial charge on any atom is 0.307 e. The summed E-state index contributed by atoms with van der Waals surface area (Å²) >= 11 is 6.07. The van der Waals surface area contributed by atoms with E-state index in [1.54, 1.807) is 0 Å². The molecule has 1 aromatic heterocycles. The molecule has 0 saturated heterocycles. The van der Waals surface area contributed by atoms with Gasteiger partial charge in [0.2, 0.25) is 0 Å². The molecule has 6 heteroatoms. The Morgan fingerprint density at radius 1 is 1.53 bits per heavy atom. The van der Waals surface area contributed by atoms with Crippen molar-refractivity contribution in [2.75, 3.05) is 0 Å². The van der Waals surface area contributed by atoms with Crippen molar-refractivity contribution >= 4 is 17.3 Å². The Balaban J connectivity index is 2.22. The van der Waals surface area contributed by atoms with E-state index in [0.717, 1.165) is 11.1 Å². The lowest BCUT2D eigenvalue weighted by Crippen LogP contribution is -2.00. The van der Waals surface area contributed by atoms with Gasteiger partial charge in [0.25, 0.3) is 0 Å². The van der Waals surface area contributed by atoms with Crippen LogP contribution in [0, 0.1) is 17.0 Å². The third kappa shape index (κ3) is 2.62. The number of halogens is 1. The molecule has 0 radical (unpaired) electrons. The summed E-state index contributed by atoms with van der Waals surface area (Å²) in [6, 6.07) is 5.69. The van der Waals surface area contributed by atoms with E-state index in [1.807, 2.05) is 25.1 Å². The fourth-order valence-electron chi connectivity index (χ4n) is 1.49. The van der Waals surface area contributed by atoms with Crippen molar-refractivity contribution in [1.29, 1.82) is 0 Å². The summed E-state index contributed by atoms with van der Waals surface area (Å²) < 4.78 is 1.49. The van der Waals surface area contributed by atoms with E-state index in [4.69, 9.17) is 11.6 Å². The molecule has 17 heavy (non-hydrogen) atoms. The highest BCUT2D eigenvalue weighted by Crippen LogP contribution is 2.19. The number of benzene rings is 1. The lowest BCUT2D eigenvalue weighted by Gasteiger charge is -2.04.